The van der Waals surface area contributed by atoms with E-state index < -0.39 is 9.84 Å². The van der Waals surface area contributed by atoms with Crippen molar-refractivity contribution in [2.24, 2.45) is 4.99 Å². The van der Waals surface area contributed by atoms with Gasteiger partial charge in [0.2, 0.25) is 0 Å². The van der Waals surface area contributed by atoms with Crippen LogP contribution in [-0.4, -0.2) is 18.8 Å². The molecule has 1 aliphatic rings. The first-order chi connectivity index (χ1) is 7.47. The number of aliphatic imine (C=N–C) groups is 1. The van der Waals surface area contributed by atoms with Crippen LogP contribution in [0, 0.1) is 0 Å². The number of phenolic OH excluding ortho intramolecular Hbond substituents is 1. The van der Waals surface area contributed by atoms with Gasteiger partial charge in [-0.2, -0.15) is 0 Å². The van der Waals surface area contributed by atoms with Crippen molar-refractivity contribution in [1.29, 1.82) is 0 Å². The van der Waals surface area contributed by atoms with Gasteiger partial charge in [-0.05, 0) is 31.2 Å². The number of allylic oxidation sites excluding steroid dienone is 1. The van der Waals surface area contributed by atoms with E-state index >= 15 is 0 Å². The van der Waals surface area contributed by atoms with Gasteiger partial charge in [-0.25, -0.2) is 13.4 Å². The Hall–Kier alpha value is -1.82. The van der Waals surface area contributed by atoms with Gasteiger partial charge in [0.1, 0.15) is 11.5 Å². The van der Waals surface area contributed by atoms with E-state index in [9.17, 15) is 8.42 Å². The summed E-state index contributed by atoms with van der Waals surface area (Å²) in [6.45, 7) is 1.57. The summed E-state index contributed by atoms with van der Waals surface area (Å²) in [6.07, 6.45) is 0. The number of phenols is 1. The Morgan fingerprint density at radius 3 is 2.38 bits per heavy atom. The lowest BCUT2D eigenvalue weighted by atomic mass is 10.3. The fraction of sp³-hybridized carbons (Fsp3) is 0.100. The van der Waals surface area contributed by atoms with E-state index in [0.717, 1.165) is 5.41 Å². The molecule has 1 aromatic rings. The minimum absolute atomic E-state index is 0.0814. The highest BCUT2D eigenvalue weighted by Crippen LogP contribution is 2.20. The van der Waals surface area contributed by atoms with Crippen LogP contribution >= 0.6 is 0 Å². The molecule has 0 amide bonds. The second kappa shape index (κ2) is 3.64. The number of ether oxygens (including phenoxy) is 1. The minimum atomic E-state index is -3.54. The number of sulfone groups is 1. The zero-order valence-corrected chi connectivity index (χ0v) is 9.23. The molecule has 0 fully saturated rings. The molecule has 0 saturated carbocycles. The van der Waals surface area contributed by atoms with Gasteiger partial charge in [-0.15, -0.1) is 0 Å². The smallest absolute Gasteiger partial charge is 0.319 e. The zero-order chi connectivity index (χ0) is 11.8. The third kappa shape index (κ3) is 2.06. The molecule has 1 aromatic carbocycles. The van der Waals surface area contributed by atoms with Gasteiger partial charge in [0.25, 0.3) is 9.84 Å². The second-order valence-electron chi connectivity index (χ2n) is 3.28. The normalized spacial score (nSPS) is 17.8. The molecular weight excluding hydrogens is 230 g/mol. The molecule has 0 radical (unpaired) electrons. The number of aromatic hydroxyl groups is 1. The molecule has 0 aliphatic carbocycles. The lowest BCUT2D eigenvalue weighted by molar-refractivity contribution is 0.473. The number of hydrogen-bond donors (Lipinski definition) is 1. The Morgan fingerprint density at radius 1 is 1.25 bits per heavy atom. The fourth-order valence-corrected chi connectivity index (χ4v) is 2.29. The molecule has 0 atom stereocenters. The maximum absolute atomic E-state index is 11.5. The lowest BCUT2D eigenvalue weighted by Crippen LogP contribution is -2.15. The van der Waals surface area contributed by atoms with Crippen molar-refractivity contribution in [2.75, 3.05) is 0 Å². The molecule has 0 bridgehead atoms. The molecule has 5 nitrogen and oxygen atoms in total. The SMILES string of the molecule is CC1=CS(=O)(=O)C(Oc2ccc(O)cc2)=N1. The number of nitrogens with zero attached hydrogens (tertiary/aromatic N) is 1. The monoisotopic (exact) mass is 239 g/mol. The standard InChI is InChI=1S/C10H9NO4S/c1-7-6-16(13,14)10(11-7)15-9-4-2-8(12)3-5-9/h2-6,12H,1H3. The highest BCUT2D eigenvalue weighted by molar-refractivity contribution is 8.08. The summed E-state index contributed by atoms with van der Waals surface area (Å²) >= 11 is 0. The van der Waals surface area contributed by atoms with Crippen LogP contribution in [0.1, 0.15) is 6.92 Å². The molecular formula is C10H9NO4S. The largest absolute Gasteiger partial charge is 0.508 e. The molecule has 1 heterocycles. The molecule has 1 aliphatic heterocycles. The number of benzene rings is 1. The van der Waals surface area contributed by atoms with Crippen molar-refractivity contribution in [3.05, 3.63) is 35.4 Å². The van der Waals surface area contributed by atoms with Crippen molar-refractivity contribution in [2.45, 2.75) is 6.92 Å². The summed E-state index contributed by atoms with van der Waals surface area (Å²) in [4.78, 5) is 3.76. The van der Waals surface area contributed by atoms with E-state index in [4.69, 9.17) is 9.84 Å². The summed E-state index contributed by atoms with van der Waals surface area (Å²) in [6, 6.07) is 5.72. The van der Waals surface area contributed by atoms with Crippen molar-refractivity contribution < 1.29 is 18.3 Å². The van der Waals surface area contributed by atoms with Crippen molar-refractivity contribution in [3.8, 4) is 11.5 Å². The predicted molar refractivity (Wildman–Crippen MR) is 58.8 cm³/mol. The molecule has 0 aromatic heterocycles. The third-order valence-electron chi connectivity index (χ3n) is 1.88. The van der Waals surface area contributed by atoms with Crippen LogP contribution in [0.2, 0.25) is 0 Å². The van der Waals surface area contributed by atoms with E-state index in [2.05, 4.69) is 4.99 Å². The summed E-state index contributed by atoms with van der Waals surface area (Å²) in [5, 5.41) is 9.75. The van der Waals surface area contributed by atoms with Gasteiger partial charge in [0.15, 0.2) is 0 Å². The first-order valence-corrected chi connectivity index (χ1v) is 6.01. The first kappa shape index (κ1) is 10.7. The average molecular weight is 239 g/mol. The molecule has 6 heteroatoms. The Bertz CT molecular complexity index is 569. The fourth-order valence-electron chi connectivity index (χ4n) is 1.20. The summed E-state index contributed by atoms with van der Waals surface area (Å²) < 4.78 is 28.0. The summed E-state index contributed by atoms with van der Waals surface area (Å²) in [5.41, 5.74) is 0.383. The highest BCUT2D eigenvalue weighted by Gasteiger charge is 2.25. The van der Waals surface area contributed by atoms with Gasteiger partial charge in [0, 0.05) is 0 Å². The van der Waals surface area contributed by atoms with Gasteiger partial charge < -0.3 is 9.84 Å². The molecule has 16 heavy (non-hydrogen) atoms. The second-order valence-corrected chi connectivity index (χ2v) is 4.95. The van der Waals surface area contributed by atoms with E-state index in [-0.39, 0.29) is 11.0 Å². The molecule has 84 valence electrons. The van der Waals surface area contributed by atoms with Crippen LogP contribution in [0.4, 0.5) is 0 Å². The average Bonchev–Trinajstić information content (AvgIpc) is 2.43. The zero-order valence-electron chi connectivity index (χ0n) is 8.41. The van der Waals surface area contributed by atoms with E-state index in [0.29, 0.717) is 11.4 Å². The van der Waals surface area contributed by atoms with Gasteiger partial charge in [0.05, 0.1) is 11.1 Å². The van der Waals surface area contributed by atoms with E-state index in [1.54, 1.807) is 6.92 Å². The van der Waals surface area contributed by atoms with Crippen LogP contribution in [0.15, 0.2) is 40.4 Å². The van der Waals surface area contributed by atoms with Crippen molar-refractivity contribution in [1.82, 2.24) is 0 Å². The third-order valence-corrected chi connectivity index (χ3v) is 3.19. The van der Waals surface area contributed by atoms with Crippen LogP contribution in [0.5, 0.6) is 11.5 Å². The molecule has 2 rings (SSSR count). The van der Waals surface area contributed by atoms with Crippen molar-refractivity contribution >= 4 is 15.1 Å². The van der Waals surface area contributed by atoms with Crippen LogP contribution in [-0.2, 0) is 9.84 Å². The number of rotatable bonds is 1. The molecule has 0 spiro atoms. The Kier molecular flexibility index (Phi) is 2.43. The first-order valence-electron chi connectivity index (χ1n) is 4.46. The van der Waals surface area contributed by atoms with Crippen LogP contribution < -0.4 is 4.74 Å². The van der Waals surface area contributed by atoms with Crippen LogP contribution in [0.3, 0.4) is 0 Å². The maximum Gasteiger partial charge on any atom is 0.319 e. The van der Waals surface area contributed by atoms with Gasteiger partial charge >= 0.3 is 5.23 Å². The van der Waals surface area contributed by atoms with E-state index in [1.165, 1.54) is 24.3 Å². The summed E-state index contributed by atoms with van der Waals surface area (Å²) in [7, 11) is -3.54. The van der Waals surface area contributed by atoms with Gasteiger partial charge in [-0.3, -0.25) is 0 Å². The molecule has 0 unspecified atom stereocenters. The maximum atomic E-state index is 11.5. The van der Waals surface area contributed by atoms with Crippen molar-refractivity contribution in [3.63, 3.8) is 0 Å². The number of hydrogen-bond acceptors (Lipinski definition) is 5. The summed E-state index contributed by atoms with van der Waals surface area (Å²) in [5.74, 6) is 0.390. The Labute approximate surface area is 92.6 Å². The quantitative estimate of drug-likeness (QED) is 0.804. The Morgan fingerprint density at radius 2 is 1.88 bits per heavy atom. The highest BCUT2D eigenvalue weighted by atomic mass is 32.2. The topological polar surface area (TPSA) is 76.0 Å². The lowest BCUT2D eigenvalue weighted by Gasteiger charge is -2.03. The minimum Gasteiger partial charge on any atom is -0.508 e. The Balaban J connectivity index is 2.25. The predicted octanol–water partition coefficient (Wildman–Crippen LogP) is 1.42. The molecule has 0 saturated heterocycles. The molecule has 1 N–H and O–H groups in total. The van der Waals surface area contributed by atoms with Crippen LogP contribution in [0.25, 0.3) is 0 Å². The van der Waals surface area contributed by atoms with E-state index in [1.807, 2.05) is 0 Å². The van der Waals surface area contributed by atoms with Gasteiger partial charge in [-0.1, -0.05) is 0 Å².